The summed E-state index contributed by atoms with van der Waals surface area (Å²) in [7, 11) is 0. The fourth-order valence-corrected chi connectivity index (χ4v) is 2.73. The first-order valence-corrected chi connectivity index (χ1v) is 6.91. The van der Waals surface area contributed by atoms with Crippen molar-refractivity contribution in [3.63, 3.8) is 0 Å². The lowest BCUT2D eigenvalue weighted by Gasteiger charge is -2.34. The molecule has 110 valence electrons. The fraction of sp³-hybridized carbons (Fsp3) is 0.538. The molecule has 8 N–H and O–H groups in total. The molecule has 2 aliphatic rings. The molecule has 1 fully saturated rings. The van der Waals surface area contributed by atoms with Gasteiger partial charge in [0.1, 0.15) is 11.5 Å². The minimum absolute atomic E-state index is 0.0489. The van der Waals surface area contributed by atoms with E-state index in [2.05, 4.69) is 17.3 Å². The summed E-state index contributed by atoms with van der Waals surface area (Å²) in [6.45, 7) is 2.23. The summed E-state index contributed by atoms with van der Waals surface area (Å²) in [4.78, 5) is 0. The lowest BCUT2D eigenvalue weighted by molar-refractivity contribution is 0.289. The number of rotatable bonds is 3. The molecule has 0 aromatic heterocycles. The SMILES string of the molecule is CC1CCCCC1NC1=C(C(=N)N)C=NN(N)/C1=C\N. The third kappa shape index (κ3) is 2.77. The van der Waals surface area contributed by atoms with E-state index in [1.165, 1.54) is 36.8 Å². The van der Waals surface area contributed by atoms with Crippen LogP contribution in [0.25, 0.3) is 0 Å². The Labute approximate surface area is 119 Å². The molecule has 1 aliphatic heterocycles. The van der Waals surface area contributed by atoms with Gasteiger partial charge in [0.25, 0.3) is 0 Å². The molecule has 20 heavy (non-hydrogen) atoms. The van der Waals surface area contributed by atoms with Crippen molar-refractivity contribution >= 4 is 12.1 Å². The first-order valence-electron chi connectivity index (χ1n) is 6.91. The van der Waals surface area contributed by atoms with Gasteiger partial charge < -0.3 is 16.8 Å². The number of amidine groups is 1. The van der Waals surface area contributed by atoms with Crippen molar-refractivity contribution in [2.75, 3.05) is 0 Å². The number of hydrazine groups is 1. The Morgan fingerprint density at radius 1 is 1.50 bits per heavy atom. The monoisotopic (exact) mass is 277 g/mol. The summed E-state index contributed by atoms with van der Waals surface area (Å²) in [5.41, 5.74) is 13.0. The normalized spacial score (nSPS) is 28.9. The van der Waals surface area contributed by atoms with E-state index in [1.807, 2.05) is 0 Å². The van der Waals surface area contributed by atoms with E-state index >= 15 is 0 Å². The van der Waals surface area contributed by atoms with Gasteiger partial charge in [0, 0.05) is 12.2 Å². The number of hydrogen-bond acceptors (Lipinski definition) is 6. The van der Waals surface area contributed by atoms with Gasteiger partial charge in [-0.2, -0.15) is 10.2 Å². The number of hydrazone groups is 1. The number of nitrogens with two attached hydrogens (primary N) is 3. The van der Waals surface area contributed by atoms with Crippen molar-refractivity contribution in [1.29, 1.82) is 5.41 Å². The van der Waals surface area contributed by atoms with Gasteiger partial charge >= 0.3 is 0 Å². The molecule has 7 nitrogen and oxygen atoms in total. The number of nitrogens with zero attached hydrogens (tertiary/aromatic N) is 2. The van der Waals surface area contributed by atoms with E-state index in [0.29, 0.717) is 28.9 Å². The molecule has 1 aliphatic carbocycles. The molecule has 0 saturated heterocycles. The summed E-state index contributed by atoms with van der Waals surface area (Å²) >= 11 is 0. The molecular weight excluding hydrogens is 254 g/mol. The van der Waals surface area contributed by atoms with Gasteiger partial charge in [-0.15, -0.1) is 0 Å². The van der Waals surface area contributed by atoms with Crippen LogP contribution >= 0.6 is 0 Å². The van der Waals surface area contributed by atoms with Gasteiger partial charge in [-0.25, -0.2) is 5.84 Å². The Morgan fingerprint density at radius 2 is 2.20 bits per heavy atom. The van der Waals surface area contributed by atoms with Crippen molar-refractivity contribution < 1.29 is 0 Å². The van der Waals surface area contributed by atoms with E-state index in [1.54, 1.807) is 0 Å². The Morgan fingerprint density at radius 3 is 2.80 bits per heavy atom. The molecule has 0 amide bonds. The van der Waals surface area contributed by atoms with Crippen molar-refractivity contribution in [2.45, 2.75) is 38.6 Å². The lowest BCUT2D eigenvalue weighted by Crippen LogP contribution is -2.43. The molecule has 0 bridgehead atoms. The fourth-order valence-electron chi connectivity index (χ4n) is 2.73. The average Bonchev–Trinajstić information content (AvgIpc) is 2.41. The summed E-state index contributed by atoms with van der Waals surface area (Å²) in [6, 6.07) is 0.336. The Bertz CT molecular complexity index is 477. The van der Waals surface area contributed by atoms with E-state index in [-0.39, 0.29) is 5.84 Å². The zero-order chi connectivity index (χ0) is 14.7. The van der Waals surface area contributed by atoms with Crippen LogP contribution in [-0.2, 0) is 0 Å². The number of hydrogen-bond donors (Lipinski definition) is 5. The van der Waals surface area contributed by atoms with Crippen molar-refractivity contribution in [3.05, 3.63) is 23.2 Å². The maximum Gasteiger partial charge on any atom is 0.126 e. The van der Waals surface area contributed by atoms with Gasteiger partial charge in [-0.1, -0.05) is 19.8 Å². The van der Waals surface area contributed by atoms with Crippen LogP contribution in [0, 0.1) is 11.3 Å². The molecule has 7 heteroatoms. The zero-order valence-electron chi connectivity index (χ0n) is 11.8. The smallest absolute Gasteiger partial charge is 0.126 e. The van der Waals surface area contributed by atoms with Crippen LogP contribution in [0.2, 0.25) is 0 Å². The van der Waals surface area contributed by atoms with E-state index in [4.69, 9.17) is 22.7 Å². The van der Waals surface area contributed by atoms with E-state index in [0.717, 1.165) is 6.42 Å². The van der Waals surface area contributed by atoms with Gasteiger partial charge in [-0.05, 0) is 18.8 Å². The highest BCUT2D eigenvalue weighted by molar-refractivity contribution is 6.14. The van der Waals surface area contributed by atoms with Crippen LogP contribution in [0.3, 0.4) is 0 Å². The summed E-state index contributed by atoms with van der Waals surface area (Å²) in [5, 5.41) is 16.3. The van der Waals surface area contributed by atoms with E-state index < -0.39 is 0 Å². The molecule has 0 aromatic carbocycles. The van der Waals surface area contributed by atoms with Gasteiger partial charge in [0.05, 0.1) is 17.5 Å². The van der Waals surface area contributed by atoms with Crippen LogP contribution < -0.4 is 22.6 Å². The van der Waals surface area contributed by atoms with Crippen LogP contribution in [0.5, 0.6) is 0 Å². The zero-order valence-corrected chi connectivity index (χ0v) is 11.8. The first-order chi connectivity index (χ1) is 9.54. The molecule has 0 spiro atoms. The van der Waals surface area contributed by atoms with Gasteiger partial charge in [-0.3, -0.25) is 5.41 Å². The molecule has 2 atom stereocenters. The third-order valence-corrected chi connectivity index (χ3v) is 3.97. The Balaban J connectivity index is 2.31. The van der Waals surface area contributed by atoms with Crippen molar-refractivity contribution in [2.24, 2.45) is 28.3 Å². The minimum Gasteiger partial charge on any atom is -0.403 e. The van der Waals surface area contributed by atoms with E-state index in [9.17, 15) is 0 Å². The van der Waals surface area contributed by atoms with Crippen LogP contribution in [-0.4, -0.2) is 23.2 Å². The van der Waals surface area contributed by atoms with Crippen molar-refractivity contribution in [3.8, 4) is 0 Å². The minimum atomic E-state index is -0.0489. The predicted molar refractivity (Wildman–Crippen MR) is 80.3 cm³/mol. The van der Waals surface area contributed by atoms with Gasteiger partial charge in [0.15, 0.2) is 0 Å². The summed E-state index contributed by atoms with van der Waals surface area (Å²) in [6.07, 6.45) is 7.63. The third-order valence-electron chi connectivity index (χ3n) is 3.97. The topological polar surface area (TPSA) is 130 Å². The summed E-state index contributed by atoms with van der Waals surface area (Å²) < 4.78 is 0. The van der Waals surface area contributed by atoms with Crippen LogP contribution in [0.15, 0.2) is 28.3 Å². The molecule has 0 aromatic rings. The number of nitrogens with one attached hydrogen (secondary N) is 2. The quantitative estimate of drug-likeness (QED) is 0.288. The second-order valence-corrected chi connectivity index (χ2v) is 5.36. The predicted octanol–water partition coefficient (Wildman–Crippen LogP) is 0.320. The maximum absolute atomic E-state index is 7.68. The first kappa shape index (κ1) is 14.4. The second kappa shape index (κ2) is 5.96. The highest BCUT2D eigenvalue weighted by atomic mass is 15.6. The standard InChI is InChI=1S/C13H23N7/c1-8-4-2-3-5-10(8)19-12-9(13(15)16)7-18-20(17)11(12)6-14/h6-8,10,19H,2-5,14,17H2,1H3,(H3,15,16)/b11-6-. The molecular formula is C13H23N7. The second-order valence-electron chi connectivity index (χ2n) is 5.36. The van der Waals surface area contributed by atoms with Crippen molar-refractivity contribution in [1.82, 2.24) is 10.4 Å². The molecule has 0 radical (unpaired) electrons. The molecule has 2 unspecified atom stereocenters. The Hall–Kier alpha value is -2.02. The molecule has 1 saturated carbocycles. The van der Waals surface area contributed by atoms with Crippen LogP contribution in [0.4, 0.5) is 0 Å². The van der Waals surface area contributed by atoms with Crippen LogP contribution in [0.1, 0.15) is 32.6 Å². The summed E-state index contributed by atoms with van der Waals surface area (Å²) in [5.74, 6) is 6.30. The highest BCUT2D eigenvalue weighted by Gasteiger charge is 2.27. The highest BCUT2D eigenvalue weighted by Crippen LogP contribution is 2.27. The maximum atomic E-state index is 7.68. The molecule has 2 rings (SSSR count). The lowest BCUT2D eigenvalue weighted by atomic mass is 9.85. The molecule has 1 heterocycles. The van der Waals surface area contributed by atoms with Gasteiger partial charge in [0.2, 0.25) is 0 Å². The average molecular weight is 277 g/mol. The largest absolute Gasteiger partial charge is 0.403 e. The Kier molecular flexibility index (Phi) is 4.29.